The van der Waals surface area contributed by atoms with Crippen LogP contribution in [-0.4, -0.2) is 69.1 Å². The molecule has 1 N–H and O–H groups in total. The highest BCUT2D eigenvalue weighted by atomic mass is 32.2. The number of carbonyl (C=O) groups is 1. The van der Waals surface area contributed by atoms with E-state index >= 15 is 0 Å². The van der Waals surface area contributed by atoms with Gasteiger partial charge in [-0.2, -0.15) is 0 Å². The summed E-state index contributed by atoms with van der Waals surface area (Å²) in [5.74, 6) is 0.0322. The third-order valence-corrected chi connectivity index (χ3v) is 5.94. The quantitative estimate of drug-likeness (QED) is 0.831. The predicted octanol–water partition coefficient (Wildman–Crippen LogP) is 0.627. The van der Waals surface area contributed by atoms with Crippen molar-refractivity contribution in [3.8, 4) is 0 Å². The number of piperazine rings is 1. The summed E-state index contributed by atoms with van der Waals surface area (Å²) >= 11 is 0. The van der Waals surface area contributed by atoms with Gasteiger partial charge < -0.3 is 4.90 Å². The van der Waals surface area contributed by atoms with E-state index in [1.807, 2.05) is 4.90 Å². The van der Waals surface area contributed by atoms with Crippen molar-refractivity contribution < 1.29 is 13.2 Å². The third-order valence-electron chi connectivity index (χ3n) is 5.21. The van der Waals surface area contributed by atoms with Gasteiger partial charge in [-0.15, -0.1) is 0 Å². The van der Waals surface area contributed by atoms with E-state index in [9.17, 15) is 13.2 Å². The van der Waals surface area contributed by atoms with Crippen molar-refractivity contribution in [3.05, 3.63) is 35.4 Å². The van der Waals surface area contributed by atoms with Gasteiger partial charge in [-0.05, 0) is 30.4 Å². The van der Waals surface area contributed by atoms with Crippen LogP contribution >= 0.6 is 0 Å². The highest BCUT2D eigenvalue weighted by Gasteiger charge is 2.28. The minimum absolute atomic E-state index is 0.0322. The number of fused-ring (bicyclic) bond motifs is 1. The van der Waals surface area contributed by atoms with E-state index in [0.29, 0.717) is 6.04 Å². The summed E-state index contributed by atoms with van der Waals surface area (Å²) in [6.45, 7) is 3.44. The van der Waals surface area contributed by atoms with Gasteiger partial charge in [0.05, 0.1) is 6.26 Å². The van der Waals surface area contributed by atoms with Crippen molar-refractivity contribution in [3.63, 3.8) is 0 Å². The molecule has 7 heteroatoms. The van der Waals surface area contributed by atoms with E-state index < -0.39 is 10.0 Å². The van der Waals surface area contributed by atoms with Crippen LogP contribution in [-0.2, 0) is 27.7 Å². The van der Waals surface area contributed by atoms with Crippen molar-refractivity contribution in [2.24, 2.45) is 0 Å². The zero-order chi connectivity index (χ0) is 17.9. The molecule has 1 aromatic carbocycles. The Balaban J connectivity index is 1.45. The molecule has 1 amide bonds. The number of aryl methyl sites for hydroxylation is 1. The predicted molar refractivity (Wildman–Crippen MR) is 97.9 cm³/mol. The molecule has 1 unspecified atom stereocenters. The van der Waals surface area contributed by atoms with Gasteiger partial charge in [-0.3, -0.25) is 9.69 Å². The van der Waals surface area contributed by atoms with Gasteiger partial charge in [0.2, 0.25) is 15.9 Å². The second-order valence-corrected chi connectivity index (χ2v) is 8.83. The molecule has 1 aliphatic heterocycles. The van der Waals surface area contributed by atoms with E-state index in [-0.39, 0.29) is 18.9 Å². The summed E-state index contributed by atoms with van der Waals surface area (Å²) < 4.78 is 24.5. The molecule has 138 valence electrons. The molecule has 0 bridgehead atoms. The third kappa shape index (κ3) is 5.03. The van der Waals surface area contributed by atoms with Crippen LogP contribution in [0.2, 0.25) is 0 Å². The maximum Gasteiger partial charge on any atom is 0.223 e. The molecule has 1 aromatic rings. The van der Waals surface area contributed by atoms with Crippen LogP contribution in [0.4, 0.5) is 0 Å². The number of carbonyl (C=O) groups excluding carboxylic acids is 1. The molecular weight excluding hydrogens is 338 g/mol. The number of nitrogens with one attached hydrogen (secondary N) is 1. The Hall–Kier alpha value is -1.44. The summed E-state index contributed by atoms with van der Waals surface area (Å²) in [6.07, 6.45) is 4.76. The fourth-order valence-electron chi connectivity index (χ4n) is 3.83. The van der Waals surface area contributed by atoms with Gasteiger partial charge in [0.1, 0.15) is 0 Å². The van der Waals surface area contributed by atoms with Crippen LogP contribution in [0.15, 0.2) is 24.3 Å². The van der Waals surface area contributed by atoms with E-state index in [4.69, 9.17) is 0 Å². The zero-order valence-electron chi connectivity index (χ0n) is 14.8. The molecule has 0 saturated carbocycles. The van der Waals surface area contributed by atoms with Crippen molar-refractivity contribution >= 4 is 15.9 Å². The Kier molecular flexibility index (Phi) is 5.76. The van der Waals surface area contributed by atoms with Crippen molar-refractivity contribution in [1.82, 2.24) is 14.5 Å². The van der Waals surface area contributed by atoms with Gasteiger partial charge in [-0.25, -0.2) is 13.1 Å². The number of amides is 1. The van der Waals surface area contributed by atoms with Crippen LogP contribution in [0.1, 0.15) is 24.0 Å². The highest BCUT2D eigenvalue weighted by Crippen LogP contribution is 2.25. The van der Waals surface area contributed by atoms with Gasteiger partial charge >= 0.3 is 0 Å². The number of hydrogen-bond acceptors (Lipinski definition) is 4. The summed E-state index contributed by atoms with van der Waals surface area (Å²) in [7, 11) is -3.23. The molecule has 1 fully saturated rings. The fraction of sp³-hybridized carbons (Fsp3) is 0.611. The van der Waals surface area contributed by atoms with Gasteiger partial charge in [0.15, 0.2) is 0 Å². The Morgan fingerprint density at radius 2 is 1.84 bits per heavy atom. The Morgan fingerprint density at radius 1 is 1.16 bits per heavy atom. The zero-order valence-corrected chi connectivity index (χ0v) is 15.6. The van der Waals surface area contributed by atoms with Crippen LogP contribution in [0.3, 0.4) is 0 Å². The molecule has 3 rings (SSSR count). The summed E-state index contributed by atoms with van der Waals surface area (Å²) in [6, 6.07) is 9.26. The normalized spacial score (nSPS) is 21.8. The molecule has 1 saturated heterocycles. The summed E-state index contributed by atoms with van der Waals surface area (Å²) in [5, 5.41) is 0. The molecule has 1 atom stereocenters. The highest BCUT2D eigenvalue weighted by molar-refractivity contribution is 7.88. The van der Waals surface area contributed by atoms with E-state index in [1.165, 1.54) is 17.5 Å². The monoisotopic (exact) mass is 365 g/mol. The lowest BCUT2D eigenvalue weighted by atomic mass is 9.87. The lowest BCUT2D eigenvalue weighted by molar-refractivity contribution is -0.133. The first-order valence-corrected chi connectivity index (χ1v) is 10.8. The van der Waals surface area contributed by atoms with Crippen LogP contribution in [0.25, 0.3) is 0 Å². The van der Waals surface area contributed by atoms with E-state index in [0.717, 1.165) is 45.3 Å². The first kappa shape index (κ1) is 18.4. The Bertz CT molecular complexity index is 712. The maximum atomic E-state index is 12.2. The average molecular weight is 365 g/mol. The number of nitrogens with zero attached hydrogens (tertiary/aromatic N) is 2. The molecule has 1 heterocycles. The summed E-state index contributed by atoms with van der Waals surface area (Å²) in [5.41, 5.74) is 2.94. The molecule has 6 nitrogen and oxygen atoms in total. The minimum atomic E-state index is -3.23. The Labute approximate surface area is 150 Å². The van der Waals surface area contributed by atoms with Gasteiger partial charge in [0.25, 0.3) is 0 Å². The largest absolute Gasteiger partial charge is 0.340 e. The first-order chi connectivity index (χ1) is 11.9. The number of benzene rings is 1. The first-order valence-electron chi connectivity index (χ1n) is 8.95. The molecular formula is C18H27N3O3S. The van der Waals surface area contributed by atoms with Gasteiger partial charge in [0, 0.05) is 45.2 Å². The lowest BCUT2D eigenvalue weighted by Gasteiger charge is -2.41. The second kappa shape index (κ2) is 7.85. The van der Waals surface area contributed by atoms with Crippen molar-refractivity contribution in [2.75, 3.05) is 39.0 Å². The van der Waals surface area contributed by atoms with Crippen molar-refractivity contribution in [2.45, 2.75) is 31.7 Å². The topological polar surface area (TPSA) is 69.7 Å². The van der Waals surface area contributed by atoms with Crippen LogP contribution in [0.5, 0.6) is 0 Å². The van der Waals surface area contributed by atoms with E-state index in [1.54, 1.807) is 0 Å². The Morgan fingerprint density at radius 3 is 2.52 bits per heavy atom. The molecule has 0 radical (unpaired) electrons. The average Bonchev–Trinajstić information content (AvgIpc) is 2.60. The van der Waals surface area contributed by atoms with Gasteiger partial charge in [-0.1, -0.05) is 24.3 Å². The molecule has 1 aliphatic carbocycles. The fourth-order valence-corrected chi connectivity index (χ4v) is 4.30. The second-order valence-electron chi connectivity index (χ2n) is 7.00. The standard InChI is InChI=1S/C18H27N3O3S/c1-25(23,24)19-9-8-18(22)21-12-10-20(11-13-21)17-7-6-15-4-2-3-5-16(15)14-17/h2-5,17,19H,6-14H2,1H3. The molecule has 0 spiro atoms. The molecule has 25 heavy (non-hydrogen) atoms. The van der Waals surface area contributed by atoms with E-state index in [2.05, 4.69) is 33.9 Å². The minimum Gasteiger partial charge on any atom is -0.340 e. The smallest absolute Gasteiger partial charge is 0.223 e. The number of hydrogen-bond donors (Lipinski definition) is 1. The lowest BCUT2D eigenvalue weighted by Crippen LogP contribution is -2.53. The van der Waals surface area contributed by atoms with Crippen molar-refractivity contribution in [1.29, 1.82) is 0 Å². The number of sulfonamides is 1. The number of rotatable bonds is 5. The SMILES string of the molecule is CS(=O)(=O)NCCC(=O)N1CCN(C2CCc3ccccc3C2)CC1. The molecule has 2 aliphatic rings. The molecule has 0 aromatic heterocycles. The maximum absolute atomic E-state index is 12.2. The van der Waals surface area contributed by atoms with Crippen LogP contribution < -0.4 is 4.72 Å². The van der Waals surface area contributed by atoms with Crippen LogP contribution in [0, 0.1) is 0 Å². The summed E-state index contributed by atoms with van der Waals surface area (Å²) in [4.78, 5) is 16.6.